The average molecular weight is 449 g/mol. The number of alkyl halides is 3. The van der Waals surface area contributed by atoms with Crippen LogP contribution in [0, 0.1) is 5.92 Å². The maximum atomic E-state index is 13.6. The molecule has 4 nitrogen and oxygen atoms in total. The van der Waals surface area contributed by atoms with Crippen LogP contribution in [0.3, 0.4) is 0 Å². The molecular formula is C19H24BrF3N2O2. The number of carbonyl (C=O) groups is 1. The third kappa shape index (κ3) is 5.38. The number of halogens is 4. The largest absolute Gasteiger partial charge is 0.418 e. The van der Waals surface area contributed by atoms with E-state index in [1.54, 1.807) is 6.07 Å². The van der Waals surface area contributed by atoms with Gasteiger partial charge in [-0.3, -0.25) is 4.79 Å². The standard InChI is InChI=1S/C19H24BrF3N2O2/c20-16-12-14(25-7-9-27-10-8-25)11-15(19(21,22)23)18(16)24-17(26)6-5-13-3-1-2-4-13/h11-13H,1-10H2,(H,24,26). The Morgan fingerprint density at radius 2 is 1.89 bits per heavy atom. The molecule has 0 unspecified atom stereocenters. The molecule has 0 bridgehead atoms. The zero-order valence-corrected chi connectivity index (χ0v) is 16.7. The van der Waals surface area contributed by atoms with Crippen molar-refractivity contribution in [2.45, 2.75) is 44.7 Å². The molecular weight excluding hydrogens is 425 g/mol. The van der Waals surface area contributed by atoms with Crippen LogP contribution in [-0.2, 0) is 15.7 Å². The molecule has 2 aliphatic rings. The minimum atomic E-state index is -4.56. The molecule has 0 aromatic heterocycles. The second-order valence-electron chi connectivity index (χ2n) is 7.18. The van der Waals surface area contributed by atoms with Crippen LogP contribution >= 0.6 is 15.9 Å². The first-order chi connectivity index (χ1) is 12.8. The van der Waals surface area contributed by atoms with Crippen molar-refractivity contribution < 1.29 is 22.7 Å². The minimum absolute atomic E-state index is 0.198. The lowest BCUT2D eigenvalue weighted by atomic mass is 10.0. The summed E-state index contributed by atoms with van der Waals surface area (Å²) in [5.41, 5.74) is -0.551. The number of hydrogen-bond donors (Lipinski definition) is 1. The van der Waals surface area contributed by atoms with Crippen LogP contribution in [0.25, 0.3) is 0 Å². The lowest BCUT2D eigenvalue weighted by molar-refractivity contribution is -0.137. The zero-order chi connectivity index (χ0) is 19.4. The molecule has 1 aromatic carbocycles. The summed E-state index contributed by atoms with van der Waals surface area (Å²) in [6, 6.07) is 2.75. The molecule has 2 fully saturated rings. The molecule has 1 aliphatic carbocycles. The van der Waals surface area contributed by atoms with E-state index in [4.69, 9.17) is 4.74 Å². The molecule has 0 spiro atoms. The molecule has 1 aromatic rings. The first kappa shape index (κ1) is 20.5. The van der Waals surface area contributed by atoms with E-state index in [2.05, 4.69) is 21.2 Å². The number of nitrogens with zero attached hydrogens (tertiary/aromatic N) is 1. The van der Waals surface area contributed by atoms with Gasteiger partial charge in [0.25, 0.3) is 0 Å². The maximum absolute atomic E-state index is 13.6. The molecule has 3 rings (SSSR count). The van der Waals surface area contributed by atoms with E-state index < -0.39 is 11.7 Å². The third-order valence-electron chi connectivity index (χ3n) is 5.28. The number of morpholine rings is 1. The predicted molar refractivity (Wildman–Crippen MR) is 102 cm³/mol. The van der Waals surface area contributed by atoms with Crippen molar-refractivity contribution >= 4 is 33.2 Å². The number of carbonyl (C=O) groups excluding carboxylic acids is 1. The second-order valence-corrected chi connectivity index (χ2v) is 8.04. The van der Waals surface area contributed by atoms with Crippen molar-refractivity contribution in [2.75, 3.05) is 36.5 Å². The van der Waals surface area contributed by atoms with Gasteiger partial charge in [0.2, 0.25) is 5.91 Å². The van der Waals surface area contributed by atoms with Crippen LogP contribution < -0.4 is 10.2 Å². The van der Waals surface area contributed by atoms with Gasteiger partial charge in [-0.05, 0) is 40.4 Å². The van der Waals surface area contributed by atoms with Crippen molar-refractivity contribution in [3.05, 3.63) is 22.2 Å². The summed E-state index contributed by atoms with van der Waals surface area (Å²) in [5, 5.41) is 2.49. The molecule has 1 heterocycles. The van der Waals surface area contributed by atoms with E-state index in [1.807, 2.05) is 4.90 Å². The van der Waals surface area contributed by atoms with E-state index in [9.17, 15) is 18.0 Å². The van der Waals surface area contributed by atoms with Gasteiger partial charge in [0, 0.05) is 29.7 Å². The van der Waals surface area contributed by atoms with Crippen molar-refractivity contribution in [3.63, 3.8) is 0 Å². The zero-order valence-electron chi connectivity index (χ0n) is 15.1. The molecule has 1 saturated carbocycles. The second kappa shape index (κ2) is 8.82. The Hall–Kier alpha value is -1.28. The summed E-state index contributed by atoms with van der Waals surface area (Å²) >= 11 is 3.23. The quantitative estimate of drug-likeness (QED) is 0.671. The van der Waals surface area contributed by atoms with Crippen LogP contribution in [0.5, 0.6) is 0 Å². The topological polar surface area (TPSA) is 41.6 Å². The van der Waals surface area contributed by atoms with Gasteiger partial charge in [0.05, 0.1) is 24.5 Å². The molecule has 27 heavy (non-hydrogen) atoms. The highest BCUT2D eigenvalue weighted by atomic mass is 79.9. The molecule has 0 radical (unpaired) electrons. The van der Waals surface area contributed by atoms with Crippen molar-refractivity contribution in [1.29, 1.82) is 0 Å². The number of benzene rings is 1. The molecule has 8 heteroatoms. The van der Waals surface area contributed by atoms with Crippen molar-refractivity contribution in [2.24, 2.45) is 5.92 Å². The fourth-order valence-electron chi connectivity index (χ4n) is 3.78. The minimum Gasteiger partial charge on any atom is -0.378 e. The number of rotatable bonds is 5. The first-order valence-electron chi connectivity index (χ1n) is 9.38. The van der Waals surface area contributed by atoms with E-state index in [0.29, 0.717) is 37.9 Å². The monoisotopic (exact) mass is 448 g/mol. The molecule has 150 valence electrons. The fraction of sp³-hybridized carbons (Fsp3) is 0.632. The average Bonchev–Trinajstić information content (AvgIpc) is 3.15. The number of anilines is 2. The Kier molecular flexibility index (Phi) is 6.68. The molecule has 0 atom stereocenters. The third-order valence-corrected chi connectivity index (χ3v) is 5.90. The normalized spacial score (nSPS) is 18.7. The van der Waals surface area contributed by atoms with Crippen LogP contribution in [0.4, 0.5) is 24.5 Å². The van der Waals surface area contributed by atoms with Crippen LogP contribution in [0.2, 0.25) is 0 Å². The summed E-state index contributed by atoms with van der Waals surface area (Å²) in [4.78, 5) is 14.1. The van der Waals surface area contributed by atoms with Gasteiger partial charge >= 0.3 is 6.18 Å². The maximum Gasteiger partial charge on any atom is 0.418 e. The Bertz CT molecular complexity index is 670. The summed E-state index contributed by atoms with van der Waals surface area (Å²) in [6.07, 6.45) is 1.01. The summed E-state index contributed by atoms with van der Waals surface area (Å²) < 4.78 is 46.4. The lowest BCUT2D eigenvalue weighted by Crippen LogP contribution is -2.36. The highest BCUT2D eigenvalue weighted by Gasteiger charge is 2.36. The van der Waals surface area contributed by atoms with Crippen LogP contribution in [0.1, 0.15) is 44.1 Å². The highest BCUT2D eigenvalue weighted by molar-refractivity contribution is 9.10. The van der Waals surface area contributed by atoms with Crippen molar-refractivity contribution in [1.82, 2.24) is 0 Å². The van der Waals surface area contributed by atoms with Gasteiger partial charge < -0.3 is 15.0 Å². The molecule has 1 saturated heterocycles. The number of amides is 1. The first-order valence-corrected chi connectivity index (χ1v) is 10.2. The van der Waals surface area contributed by atoms with E-state index in [1.165, 1.54) is 12.8 Å². The van der Waals surface area contributed by atoms with Crippen LogP contribution in [0.15, 0.2) is 16.6 Å². The Morgan fingerprint density at radius 1 is 1.22 bits per heavy atom. The van der Waals surface area contributed by atoms with Gasteiger partial charge in [0.15, 0.2) is 0 Å². The Balaban J connectivity index is 1.77. The summed E-state index contributed by atoms with van der Waals surface area (Å²) in [6.45, 7) is 2.05. The summed E-state index contributed by atoms with van der Waals surface area (Å²) in [5.74, 6) is 0.150. The van der Waals surface area contributed by atoms with E-state index in [0.717, 1.165) is 25.3 Å². The highest BCUT2D eigenvalue weighted by Crippen LogP contribution is 2.42. The Labute approximate surface area is 165 Å². The van der Waals surface area contributed by atoms with Gasteiger partial charge in [-0.1, -0.05) is 25.7 Å². The number of ether oxygens (including phenoxy) is 1. The van der Waals surface area contributed by atoms with Crippen LogP contribution in [-0.4, -0.2) is 32.2 Å². The van der Waals surface area contributed by atoms with Crippen molar-refractivity contribution in [3.8, 4) is 0 Å². The smallest absolute Gasteiger partial charge is 0.378 e. The molecule has 1 N–H and O–H groups in total. The Morgan fingerprint density at radius 3 is 2.52 bits per heavy atom. The molecule has 1 amide bonds. The fourth-order valence-corrected chi connectivity index (χ4v) is 4.33. The lowest BCUT2D eigenvalue weighted by Gasteiger charge is -2.30. The van der Waals surface area contributed by atoms with E-state index in [-0.39, 0.29) is 22.5 Å². The van der Waals surface area contributed by atoms with E-state index >= 15 is 0 Å². The van der Waals surface area contributed by atoms with Gasteiger partial charge in [0.1, 0.15) is 0 Å². The van der Waals surface area contributed by atoms with Gasteiger partial charge in [-0.15, -0.1) is 0 Å². The SMILES string of the molecule is O=C(CCC1CCCC1)Nc1c(Br)cc(N2CCOCC2)cc1C(F)(F)F. The molecule has 1 aliphatic heterocycles. The summed E-state index contributed by atoms with van der Waals surface area (Å²) in [7, 11) is 0. The van der Waals surface area contributed by atoms with Gasteiger partial charge in [-0.2, -0.15) is 13.2 Å². The van der Waals surface area contributed by atoms with Gasteiger partial charge in [-0.25, -0.2) is 0 Å². The predicted octanol–water partition coefficient (Wildman–Crippen LogP) is 5.21. The number of hydrogen-bond acceptors (Lipinski definition) is 3. The number of nitrogens with one attached hydrogen (secondary N) is 1.